The Balaban J connectivity index is 2.45. The Morgan fingerprint density at radius 3 is 2.09 bits per heavy atom. The van der Waals surface area contributed by atoms with Crippen molar-refractivity contribution >= 4 is 11.6 Å². The number of methoxy groups -OCH3 is 3. The largest absolute Gasteiger partial charge is 0.497 e. The van der Waals surface area contributed by atoms with Crippen LogP contribution >= 0.6 is 0 Å². The van der Waals surface area contributed by atoms with Gasteiger partial charge in [-0.05, 0) is 54.1 Å². The molecular weight excluding hydrogens is 278 g/mol. The third kappa shape index (κ3) is 3.39. The zero-order valence-electron chi connectivity index (χ0n) is 12.8. The van der Waals surface area contributed by atoms with Crippen molar-refractivity contribution < 1.29 is 14.2 Å². The van der Waals surface area contributed by atoms with E-state index in [1.165, 1.54) is 0 Å². The Bertz CT molecular complexity index is 712. The van der Waals surface area contributed by atoms with Crippen molar-refractivity contribution in [2.75, 3.05) is 21.3 Å². The van der Waals surface area contributed by atoms with E-state index in [1.54, 1.807) is 27.4 Å². The van der Waals surface area contributed by atoms with E-state index in [1.807, 2.05) is 42.5 Å². The monoisotopic (exact) mass is 295 g/mol. The first-order valence-corrected chi connectivity index (χ1v) is 6.70. The van der Waals surface area contributed by atoms with Gasteiger partial charge in [0.1, 0.15) is 17.2 Å². The summed E-state index contributed by atoms with van der Waals surface area (Å²) in [4.78, 5) is 0. The van der Waals surface area contributed by atoms with Gasteiger partial charge in [0.25, 0.3) is 0 Å². The standard InChI is InChI=1S/C18H17NO3/c1-20-16-6-4-13(5-7-16)15(12-19)10-14-11-17(21-2)8-9-18(14)22-3/h4-11H,1-3H3. The van der Waals surface area contributed by atoms with Crippen LogP contribution in [0.2, 0.25) is 0 Å². The minimum Gasteiger partial charge on any atom is -0.497 e. The van der Waals surface area contributed by atoms with Gasteiger partial charge in [-0.25, -0.2) is 0 Å². The summed E-state index contributed by atoms with van der Waals surface area (Å²) < 4.78 is 15.7. The maximum absolute atomic E-state index is 9.44. The molecule has 0 spiro atoms. The van der Waals surface area contributed by atoms with Gasteiger partial charge in [-0.3, -0.25) is 0 Å². The Morgan fingerprint density at radius 2 is 1.55 bits per heavy atom. The number of nitrogens with zero attached hydrogens (tertiary/aromatic N) is 1. The third-order valence-corrected chi connectivity index (χ3v) is 3.26. The molecular formula is C18H17NO3. The highest BCUT2D eigenvalue weighted by atomic mass is 16.5. The molecule has 0 saturated carbocycles. The molecule has 2 aromatic rings. The van der Waals surface area contributed by atoms with Gasteiger partial charge in [0, 0.05) is 5.56 Å². The summed E-state index contributed by atoms with van der Waals surface area (Å²) >= 11 is 0. The lowest BCUT2D eigenvalue weighted by Gasteiger charge is -2.08. The molecule has 0 fully saturated rings. The van der Waals surface area contributed by atoms with Crippen LogP contribution in [0.3, 0.4) is 0 Å². The molecule has 0 aromatic heterocycles. The third-order valence-electron chi connectivity index (χ3n) is 3.26. The van der Waals surface area contributed by atoms with E-state index in [0.717, 1.165) is 16.9 Å². The van der Waals surface area contributed by atoms with Crippen molar-refractivity contribution in [1.82, 2.24) is 0 Å². The van der Waals surface area contributed by atoms with Crippen LogP contribution < -0.4 is 14.2 Å². The molecule has 0 atom stereocenters. The average Bonchev–Trinajstić information content (AvgIpc) is 2.59. The highest BCUT2D eigenvalue weighted by Gasteiger charge is 2.07. The predicted molar refractivity (Wildman–Crippen MR) is 86.0 cm³/mol. The van der Waals surface area contributed by atoms with Crippen LogP contribution in [0.25, 0.3) is 11.6 Å². The summed E-state index contributed by atoms with van der Waals surface area (Å²) in [6.45, 7) is 0. The number of ether oxygens (including phenoxy) is 3. The molecule has 2 rings (SSSR count). The van der Waals surface area contributed by atoms with E-state index in [2.05, 4.69) is 6.07 Å². The second kappa shape index (κ2) is 7.19. The Kier molecular flexibility index (Phi) is 5.05. The summed E-state index contributed by atoms with van der Waals surface area (Å²) in [6, 6.07) is 15.0. The van der Waals surface area contributed by atoms with Crippen LogP contribution in [-0.2, 0) is 0 Å². The zero-order valence-corrected chi connectivity index (χ0v) is 12.8. The van der Waals surface area contributed by atoms with Gasteiger partial charge in [-0.1, -0.05) is 0 Å². The van der Waals surface area contributed by atoms with Crippen molar-refractivity contribution in [3.63, 3.8) is 0 Å². The molecule has 0 N–H and O–H groups in total. The van der Waals surface area contributed by atoms with Crippen LogP contribution in [0.15, 0.2) is 42.5 Å². The Labute approximate surface area is 130 Å². The predicted octanol–water partition coefficient (Wildman–Crippen LogP) is 3.78. The molecule has 0 aliphatic heterocycles. The highest BCUT2D eigenvalue weighted by Crippen LogP contribution is 2.28. The van der Waals surface area contributed by atoms with Gasteiger partial charge >= 0.3 is 0 Å². The van der Waals surface area contributed by atoms with Crippen molar-refractivity contribution in [2.24, 2.45) is 0 Å². The molecule has 4 heteroatoms. The topological polar surface area (TPSA) is 51.5 Å². The van der Waals surface area contributed by atoms with E-state index in [-0.39, 0.29) is 0 Å². The van der Waals surface area contributed by atoms with Gasteiger partial charge in [0.2, 0.25) is 0 Å². The quantitative estimate of drug-likeness (QED) is 0.622. The molecule has 0 aliphatic carbocycles. The normalized spacial score (nSPS) is 10.7. The van der Waals surface area contributed by atoms with Crippen molar-refractivity contribution in [1.29, 1.82) is 5.26 Å². The fraction of sp³-hybridized carbons (Fsp3) is 0.167. The summed E-state index contributed by atoms with van der Waals surface area (Å²) in [7, 11) is 4.81. The van der Waals surface area contributed by atoms with Gasteiger partial charge < -0.3 is 14.2 Å². The number of hydrogen-bond donors (Lipinski definition) is 0. The van der Waals surface area contributed by atoms with Crippen LogP contribution in [0.5, 0.6) is 17.2 Å². The van der Waals surface area contributed by atoms with Crippen molar-refractivity contribution in [3.05, 3.63) is 53.6 Å². The van der Waals surface area contributed by atoms with E-state index in [4.69, 9.17) is 14.2 Å². The number of nitriles is 1. The molecule has 2 aromatic carbocycles. The molecule has 0 aliphatic rings. The summed E-state index contributed by atoms with van der Waals surface area (Å²) in [5, 5.41) is 9.44. The minimum absolute atomic E-state index is 0.536. The number of allylic oxidation sites excluding steroid dienone is 1. The summed E-state index contributed by atoms with van der Waals surface area (Å²) in [5.41, 5.74) is 2.14. The Morgan fingerprint density at radius 1 is 0.909 bits per heavy atom. The van der Waals surface area contributed by atoms with Crippen LogP contribution in [0.4, 0.5) is 0 Å². The Hall–Kier alpha value is -2.93. The van der Waals surface area contributed by atoms with Gasteiger partial charge in [0.15, 0.2) is 0 Å². The van der Waals surface area contributed by atoms with Gasteiger partial charge in [0.05, 0.1) is 33.0 Å². The maximum Gasteiger partial charge on any atom is 0.126 e. The van der Waals surface area contributed by atoms with Crippen LogP contribution in [0, 0.1) is 11.3 Å². The second-order valence-electron chi connectivity index (χ2n) is 4.51. The number of hydrogen-bond acceptors (Lipinski definition) is 4. The van der Waals surface area contributed by atoms with Gasteiger partial charge in [-0.15, -0.1) is 0 Å². The molecule has 0 radical (unpaired) electrons. The molecule has 112 valence electrons. The molecule has 22 heavy (non-hydrogen) atoms. The number of rotatable bonds is 5. The fourth-order valence-electron chi connectivity index (χ4n) is 2.06. The minimum atomic E-state index is 0.536. The van der Waals surface area contributed by atoms with E-state index >= 15 is 0 Å². The smallest absolute Gasteiger partial charge is 0.126 e. The summed E-state index contributed by atoms with van der Waals surface area (Å²) in [6.07, 6.45) is 1.78. The lowest BCUT2D eigenvalue weighted by Crippen LogP contribution is -1.91. The SMILES string of the molecule is COc1ccc(C(C#N)=Cc2cc(OC)ccc2OC)cc1. The lowest BCUT2D eigenvalue weighted by molar-refractivity contribution is 0.402. The van der Waals surface area contributed by atoms with E-state index in [9.17, 15) is 5.26 Å². The maximum atomic E-state index is 9.44. The van der Waals surface area contributed by atoms with E-state index < -0.39 is 0 Å². The molecule has 0 amide bonds. The van der Waals surface area contributed by atoms with Crippen LogP contribution in [0.1, 0.15) is 11.1 Å². The molecule has 0 unspecified atom stereocenters. The average molecular weight is 295 g/mol. The molecule has 0 heterocycles. The first-order valence-electron chi connectivity index (χ1n) is 6.70. The fourth-order valence-corrected chi connectivity index (χ4v) is 2.06. The molecule has 0 saturated heterocycles. The molecule has 4 nitrogen and oxygen atoms in total. The van der Waals surface area contributed by atoms with Crippen molar-refractivity contribution in [2.45, 2.75) is 0 Å². The zero-order chi connectivity index (χ0) is 15.9. The first kappa shape index (κ1) is 15.5. The highest BCUT2D eigenvalue weighted by molar-refractivity contribution is 5.90. The van der Waals surface area contributed by atoms with E-state index in [0.29, 0.717) is 17.1 Å². The van der Waals surface area contributed by atoms with Crippen LogP contribution in [-0.4, -0.2) is 21.3 Å². The van der Waals surface area contributed by atoms with Crippen molar-refractivity contribution in [3.8, 4) is 23.3 Å². The second-order valence-corrected chi connectivity index (χ2v) is 4.51. The molecule has 0 bridgehead atoms. The van der Waals surface area contributed by atoms with Gasteiger partial charge in [-0.2, -0.15) is 5.26 Å². The lowest BCUT2D eigenvalue weighted by atomic mass is 10.0. The first-order chi connectivity index (χ1) is 10.7. The number of benzene rings is 2. The summed E-state index contributed by atoms with van der Waals surface area (Å²) in [5.74, 6) is 2.14.